The van der Waals surface area contributed by atoms with Crippen molar-refractivity contribution in [3.8, 4) is 11.1 Å². The summed E-state index contributed by atoms with van der Waals surface area (Å²) in [6, 6.07) is 11.2. The Kier molecular flexibility index (Phi) is 6.57. The van der Waals surface area contributed by atoms with Gasteiger partial charge in [-0.05, 0) is 18.6 Å². The van der Waals surface area contributed by atoms with E-state index in [1.165, 1.54) is 11.3 Å². The SMILES string of the molecule is CC(O)c1sc(Nc2ccnc(CN3CCOCC3)n2)c(C(N)=O)c1-c1ccccc1. The fraction of sp³-hybridized carbons (Fsp3) is 0.318. The number of ether oxygens (including phenoxy) is 1. The number of benzene rings is 1. The molecule has 0 radical (unpaired) electrons. The molecule has 4 N–H and O–H groups in total. The highest BCUT2D eigenvalue weighted by atomic mass is 32.1. The van der Waals surface area contributed by atoms with E-state index in [9.17, 15) is 9.90 Å². The van der Waals surface area contributed by atoms with Crippen LogP contribution in [0.15, 0.2) is 42.6 Å². The quantitative estimate of drug-likeness (QED) is 0.519. The van der Waals surface area contributed by atoms with Crippen LogP contribution in [0, 0.1) is 0 Å². The number of morpholine rings is 1. The van der Waals surface area contributed by atoms with Crippen molar-refractivity contribution in [3.05, 3.63) is 58.9 Å². The Hall–Kier alpha value is -2.85. The minimum Gasteiger partial charge on any atom is -0.388 e. The average molecular weight is 440 g/mol. The summed E-state index contributed by atoms with van der Waals surface area (Å²) in [5.74, 6) is 0.689. The predicted octanol–water partition coefficient (Wildman–Crippen LogP) is 2.93. The third-order valence-corrected chi connectivity index (χ3v) is 6.32. The summed E-state index contributed by atoms with van der Waals surface area (Å²) in [5, 5.41) is 14.2. The van der Waals surface area contributed by atoms with Gasteiger partial charge in [0.25, 0.3) is 5.91 Å². The Morgan fingerprint density at radius 1 is 1.29 bits per heavy atom. The van der Waals surface area contributed by atoms with Gasteiger partial charge in [-0.15, -0.1) is 11.3 Å². The van der Waals surface area contributed by atoms with E-state index in [1.54, 1.807) is 19.2 Å². The molecule has 0 spiro atoms. The second-order valence-electron chi connectivity index (χ2n) is 7.32. The third kappa shape index (κ3) is 4.91. The van der Waals surface area contributed by atoms with E-state index in [2.05, 4.69) is 20.2 Å². The number of carbonyl (C=O) groups is 1. The van der Waals surface area contributed by atoms with Crippen LogP contribution in [-0.4, -0.2) is 52.2 Å². The van der Waals surface area contributed by atoms with E-state index in [-0.39, 0.29) is 0 Å². The Morgan fingerprint density at radius 2 is 2.03 bits per heavy atom. The first-order valence-corrected chi connectivity index (χ1v) is 10.9. The van der Waals surface area contributed by atoms with Gasteiger partial charge in [0.2, 0.25) is 0 Å². The lowest BCUT2D eigenvalue weighted by atomic mass is 9.99. The fourth-order valence-corrected chi connectivity index (χ4v) is 4.75. The molecule has 2 aromatic heterocycles. The van der Waals surface area contributed by atoms with Crippen molar-refractivity contribution in [3.63, 3.8) is 0 Å². The van der Waals surface area contributed by atoms with Gasteiger partial charge in [0.1, 0.15) is 16.6 Å². The Balaban J connectivity index is 1.67. The molecule has 1 aliphatic heterocycles. The largest absolute Gasteiger partial charge is 0.388 e. The van der Waals surface area contributed by atoms with Crippen LogP contribution in [0.4, 0.5) is 10.8 Å². The number of aliphatic hydroxyl groups excluding tert-OH is 1. The van der Waals surface area contributed by atoms with E-state index in [1.807, 2.05) is 30.3 Å². The molecule has 3 heterocycles. The Morgan fingerprint density at radius 3 is 2.71 bits per heavy atom. The molecule has 1 fully saturated rings. The van der Waals surface area contributed by atoms with Gasteiger partial charge in [-0.2, -0.15) is 0 Å². The Bertz CT molecular complexity index is 1050. The van der Waals surface area contributed by atoms with Crippen LogP contribution in [0.5, 0.6) is 0 Å². The smallest absolute Gasteiger partial charge is 0.252 e. The lowest BCUT2D eigenvalue weighted by Crippen LogP contribution is -2.36. The highest BCUT2D eigenvalue weighted by Crippen LogP contribution is 2.43. The fourth-order valence-electron chi connectivity index (χ4n) is 3.58. The summed E-state index contributed by atoms with van der Waals surface area (Å²) < 4.78 is 5.39. The van der Waals surface area contributed by atoms with Crippen LogP contribution < -0.4 is 11.1 Å². The standard InChI is InChI=1S/C22H25N5O3S/c1-14(28)20-18(15-5-3-2-4-6-15)19(21(23)29)22(31-20)26-16-7-8-24-17(25-16)13-27-9-11-30-12-10-27/h2-8,14,28H,9-13H2,1H3,(H2,23,29)(H,24,25,26). The van der Waals surface area contributed by atoms with E-state index >= 15 is 0 Å². The summed E-state index contributed by atoms with van der Waals surface area (Å²) in [4.78, 5) is 24.3. The number of thiophene rings is 1. The number of nitrogens with one attached hydrogen (secondary N) is 1. The maximum atomic E-state index is 12.4. The molecule has 8 nitrogen and oxygen atoms in total. The number of rotatable bonds is 7. The Labute approximate surface area is 184 Å². The third-order valence-electron chi connectivity index (χ3n) is 5.04. The van der Waals surface area contributed by atoms with Crippen LogP contribution >= 0.6 is 11.3 Å². The summed E-state index contributed by atoms with van der Waals surface area (Å²) in [6.07, 6.45) is 0.937. The summed E-state index contributed by atoms with van der Waals surface area (Å²) >= 11 is 1.30. The van der Waals surface area contributed by atoms with Gasteiger partial charge in [0, 0.05) is 29.7 Å². The molecule has 9 heteroatoms. The molecule has 1 saturated heterocycles. The van der Waals surface area contributed by atoms with Crippen LogP contribution in [0.3, 0.4) is 0 Å². The molecule has 31 heavy (non-hydrogen) atoms. The van der Waals surface area contributed by atoms with Crippen molar-refractivity contribution in [2.75, 3.05) is 31.6 Å². The molecule has 1 aromatic carbocycles. The molecule has 1 atom stereocenters. The van der Waals surface area contributed by atoms with Crippen molar-refractivity contribution in [1.29, 1.82) is 0 Å². The average Bonchev–Trinajstić information content (AvgIpc) is 3.15. The highest BCUT2D eigenvalue weighted by Gasteiger charge is 2.26. The second kappa shape index (κ2) is 9.52. The molecule has 0 saturated carbocycles. The zero-order valence-corrected chi connectivity index (χ0v) is 18.1. The van der Waals surface area contributed by atoms with Crippen molar-refractivity contribution in [2.24, 2.45) is 5.73 Å². The van der Waals surface area contributed by atoms with Gasteiger partial charge in [-0.3, -0.25) is 9.69 Å². The minimum atomic E-state index is -0.754. The first kappa shape index (κ1) is 21.4. The second-order valence-corrected chi connectivity index (χ2v) is 8.38. The molecule has 3 aromatic rings. The molecule has 162 valence electrons. The zero-order valence-electron chi connectivity index (χ0n) is 17.2. The minimum absolute atomic E-state index is 0.348. The van der Waals surface area contributed by atoms with Crippen molar-refractivity contribution in [1.82, 2.24) is 14.9 Å². The normalized spacial score (nSPS) is 15.5. The zero-order chi connectivity index (χ0) is 21.8. The van der Waals surface area contributed by atoms with Crippen LogP contribution in [0.2, 0.25) is 0 Å². The summed E-state index contributed by atoms with van der Waals surface area (Å²) in [7, 11) is 0. The molecule has 4 rings (SSSR count). The van der Waals surface area contributed by atoms with Gasteiger partial charge >= 0.3 is 0 Å². The van der Waals surface area contributed by atoms with Crippen LogP contribution in [0.25, 0.3) is 11.1 Å². The number of hydrogen-bond donors (Lipinski definition) is 3. The number of primary amides is 1. The number of nitrogens with two attached hydrogens (primary N) is 1. The van der Waals surface area contributed by atoms with Crippen molar-refractivity contribution >= 4 is 28.1 Å². The number of aliphatic hydroxyl groups is 1. The van der Waals surface area contributed by atoms with Crippen LogP contribution in [-0.2, 0) is 11.3 Å². The lowest BCUT2D eigenvalue weighted by Gasteiger charge is -2.25. The molecular formula is C22H25N5O3S. The van der Waals surface area contributed by atoms with Crippen LogP contribution in [0.1, 0.15) is 34.1 Å². The number of hydrogen-bond acceptors (Lipinski definition) is 8. The van der Waals surface area contributed by atoms with E-state index in [0.29, 0.717) is 52.4 Å². The number of anilines is 2. The van der Waals surface area contributed by atoms with E-state index in [0.717, 1.165) is 18.7 Å². The molecule has 0 aliphatic carbocycles. The van der Waals surface area contributed by atoms with E-state index in [4.69, 9.17) is 10.5 Å². The molecule has 1 unspecified atom stereocenters. The molecular weight excluding hydrogens is 414 g/mol. The molecule has 1 amide bonds. The number of nitrogens with zero attached hydrogens (tertiary/aromatic N) is 3. The van der Waals surface area contributed by atoms with Gasteiger partial charge < -0.3 is 20.9 Å². The van der Waals surface area contributed by atoms with Gasteiger partial charge in [-0.1, -0.05) is 30.3 Å². The highest BCUT2D eigenvalue weighted by molar-refractivity contribution is 7.17. The first-order valence-electron chi connectivity index (χ1n) is 10.1. The maximum Gasteiger partial charge on any atom is 0.252 e. The maximum absolute atomic E-state index is 12.4. The van der Waals surface area contributed by atoms with Gasteiger partial charge in [0.15, 0.2) is 0 Å². The van der Waals surface area contributed by atoms with Crippen molar-refractivity contribution in [2.45, 2.75) is 19.6 Å². The molecule has 1 aliphatic rings. The predicted molar refractivity (Wildman–Crippen MR) is 120 cm³/mol. The van der Waals surface area contributed by atoms with Gasteiger partial charge in [0.05, 0.1) is 31.4 Å². The van der Waals surface area contributed by atoms with E-state index < -0.39 is 12.0 Å². The van der Waals surface area contributed by atoms with Crippen molar-refractivity contribution < 1.29 is 14.6 Å². The number of amides is 1. The number of aromatic nitrogens is 2. The van der Waals surface area contributed by atoms with Gasteiger partial charge in [-0.25, -0.2) is 9.97 Å². The number of carbonyl (C=O) groups excluding carboxylic acids is 1. The first-order chi connectivity index (χ1) is 15.0. The topological polar surface area (TPSA) is 114 Å². The summed E-state index contributed by atoms with van der Waals surface area (Å²) in [6.45, 7) is 5.41. The lowest BCUT2D eigenvalue weighted by molar-refractivity contribution is 0.0331. The molecule has 0 bridgehead atoms. The monoisotopic (exact) mass is 439 g/mol. The summed E-state index contributed by atoms with van der Waals surface area (Å²) in [5.41, 5.74) is 7.59.